The Bertz CT molecular complexity index is 614. The maximum atomic E-state index is 10.9. The van der Waals surface area contributed by atoms with Crippen molar-refractivity contribution in [2.75, 3.05) is 0 Å². The van der Waals surface area contributed by atoms with Gasteiger partial charge in [0.25, 0.3) is 0 Å². The van der Waals surface area contributed by atoms with E-state index in [1.165, 1.54) is 0 Å². The molecule has 0 aromatic heterocycles. The van der Waals surface area contributed by atoms with E-state index in [-0.39, 0.29) is 10.7 Å². The number of aliphatic carboxylic acids is 1. The van der Waals surface area contributed by atoms with Gasteiger partial charge in [0, 0.05) is 10.8 Å². The summed E-state index contributed by atoms with van der Waals surface area (Å²) >= 11 is 7.25. The number of carboxylic acid groups (broad SMARTS) is 1. The fourth-order valence-corrected chi connectivity index (χ4v) is 2.79. The molecular formula is C14H16ClN3O2S. The second-order valence-corrected chi connectivity index (χ2v) is 5.34. The maximum absolute atomic E-state index is 10.9. The van der Waals surface area contributed by atoms with Gasteiger partial charge in [-0.2, -0.15) is 0 Å². The SMILES string of the molecule is C=Cc1c(Cl)ccc(CS/C(N)=C(/NN)C(=O)O)c1C=C. The number of benzene rings is 1. The number of nitrogens with two attached hydrogens (primary N) is 2. The summed E-state index contributed by atoms with van der Waals surface area (Å²) in [4.78, 5) is 10.9. The molecular weight excluding hydrogens is 310 g/mol. The summed E-state index contributed by atoms with van der Waals surface area (Å²) in [5.74, 6) is 4.37. The van der Waals surface area contributed by atoms with E-state index in [0.717, 1.165) is 28.5 Å². The fraction of sp³-hybridized carbons (Fsp3) is 0.0714. The number of hydrogen-bond donors (Lipinski definition) is 4. The van der Waals surface area contributed by atoms with Gasteiger partial charge >= 0.3 is 5.97 Å². The Morgan fingerprint density at radius 1 is 1.38 bits per heavy atom. The van der Waals surface area contributed by atoms with E-state index in [0.29, 0.717) is 10.8 Å². The molecule has 7 heteroatoms. The zero-order valence-electron chi connectivity index (χ0n) is 11.2. The average molecular weight is 326 g/mol. The van der Waals surface area contributed by atoms with Gasteiger partial charge in [-0.05, 0) is 22.8 Å². The zero-order valence-corrected chi connectivity index (χ0v) is 12.8. The summed E-state index contributed by atoms with van der Waals surface area (Å²) in [5.41, 5.74) is 10.1. The normalized spacial score (nSPS) is 11.5. The van der Waals surface area contributed by atoms with E-state index >= 15 is 0 Å². The van der Waals surface area contributed by atoms with Crippen molar-refractivity contribution in [3.63, 3.8) is 0 Å². The van der Waals surface area contributed by atoms with Crippen LogP contribution in [0.25, 0.3) is 12.2 Å². The van der Waals surface area contributed by atoms with Gasteiger partial charge < -0.3 is 16.3 Å². The molecule has 0 aliphatic carbocycles. The Morgan fingerprint density at radius 3 is 2.48 bits per heavy atom. The molecule has 6 N–H and O–H groups in total. The molecule has 1 aromatic carbocycles. The van der Waals surface area contributed by atoms with Crippen LogP contribution >= 0.6 is 23.4 Å². The predicted molar refractivity (Wildman–Crippen MR) is 89.1 cm³/mol. The highest BCUT2D eigenvalue weighted by Crippen LogP contribution is 2.29. The highest BCUT2D eigenvalue weighted by molar-refractivity contribution is 8.02. The number of halogens is 1. The van der Waals surface area contributed by atoms with Crippen molar-refractivity contribution in [1.82, 2.24) is 5.43 Å². The van der Waals surface area contributed by atoms with Gasteiger partial charge in [-0.25, -0.2) is 4.79 Å². The van der Waals surface area contributed by atoms with Crippen molar-refractivity contribution >= 4 is 41.5 Å². The summed E-state index contributed by atoms with van der Waals surface area (Å²) in [5, 5.41) is 9.59. The van der Waals surface area contributed by atoms with Crippen LogP contribution in [0.4, 0.5) is 0 Å². The van der Waals surface area contributed by atoms with Gasteiger partial charge in [-0.1, -0.05) is 43.0 Å². The number of carbonyl (C=O) groups is 1. The van der Waals surface area contributed by atoms with Crippen LogP contribution in [0.2, 0.25) is 5.02 Å². The smallest absolute Gasteiger partial charge is 0.356 e. The van der Waals surface area contributed by atoms with Crippen molar-refractivity contribution in [3.8, 4) is 0 Å². The lowest BCUT2D eigenvalue weighted by atomic mass is 10.0. The Balaban J connectivity index is 3.08. The standard InChI is InChI=1S/C14H16ClN3O2S/c1-3-9-8(5-6-11(15)10(9)4-2)7-21-13(16)12(18-17)14(19)20/h3-6,18H,1-2,7,16-17H2,(H,19,20)/b13-12+. The third-order valence-electron chi connectivity index (χ3n) is 2.72. The average Bonchev–Trinajstić information content (AvgIpc) is 2.45. The lowest BCUT2D eigenvalue weighted by molar-refractivity contribution is -0.133. The largest absolute Gasteiger partial charge is 0.476 e. The molecule has 0 fully saturated rings. The first kappa shape index (κ1) is 17.2. The molecule has 0 atom stereocenters. The van der Waals surface area contributed by atoms with E-state index in [9.17, 15) is 4.79 Å². The number of thioether (sulfide) groups is 1. The van der Waals surface area contributed by atoms with E-state index in [1.807, 2.05) is 6.07 Å². The van der Waals surface area contributed by atoms with Crippen LogP contribution in [0.5, 0.6) is 0 Å². The molecule has 0 amide bonds. The molecule has 0 saturated carbocycles. The molecule has 0 aliphatic rings. The van der Waals surface area contributed by atoms with Crippen molar-refractivity contribution < 1.29 is 9.90 Å². The van der Waals surface area contributed by atoms with Gasteiger partial charge in [0.1, 0.15) is 0 Å². The molecule has 1 rings (SSSR count). The minimum atomic E-state index is -1.21. The highest BCUT2D eigenvalue weighted by Gasteiger charge is 2.13. The Hall–Kier alpha value is -1.89. The summed E-state index contributed by atoms with van der Waals surface area (Å²) in [6.45, 7) is 7.49. The number of hydrogen-bond acceptors (Lipinski definition) is 5. The summed E-state index contributed by atoms with van der Waals surface area (Å²) in [7, 11) is 0. The number of nitrogens with one attached hydrogen (secondary N) is 1. The molecule has 1 aromatic rings. The van der Waals surface area contributed by atoms with E-state index in [4.69, 9.17) is 28.3 Å². The van der Waals surface area contributed by atoms with Crippen molar-refractivity contribution in [3.05, 3.63) is 57.7 Å². The molecule has 0 spiro atoms. The summed E-state index contributed by atoms with van der Waals surface area (Å²) in [6, 6.07) is 3.59. The van der Waals surface area contributed by atoms with Crippen LogP contribution in [0.3, 0.4) is 0 Å². The summed E-state index contributed by atoms with van der Waals surface area (Å²) in [6.07, 6.45) is 3.33. The molecule has 0 aliphatic heterocycles. The molecule has 0 saturated heterocycles. The van der Waals surface area contributed by atoms with Gasteiger partial charge in [0.05, 0.1) is 5.03 Å². The highest BCUT2D eigenvalue weighted by atomic mass is 35.5. The molecule has 0 radical (unpaired) electrons. The van der Waals surface area contributed by atoms with Crippen LogP contribution < -0.4 is 17.0 Å². The van der Waals surface area contributed by atoms with Gasteiger partial charge in [-0.3, -0.25) is 5.84 Å². The first-order valence-electron chi connectivity index (χ1n) is 5.84. The second kappa shape index (κ2) is 7.78. The van der Waals surface area contributed by atoms with E-state index in [2.05, 4.69) is 18.6 Å². The zero-order chi connectivity index (χ0) is 16.0. The number of carboxylic acids is 1. The number of hydrazine groups is 1. The molecule has 5 nitrogen and oxygen atoms in total. The van der Waals surface area contributed by atoms with Crippen molar-refractivity contribution in [1.29, 1.82) is 0 Å². The third-order valence-corrected chi connectivity index (χ3v) is 4.02. The van der Waals surface area contributed by atoms with Crippen molar-refractivity contribution in [2.45, 2.75) is 5.75 Å². The van der Waals surface area contributed by atoms with E-state index < -0.39 is 5.97 Å². The first-order valence-corrected chi connectivity index (χ1v) is 7.21. The molecule has 112 valence electrons. The van der Waals surface area contributed by atoms with E-state index in [1.54, 1.807) is 18.2 Å². The fourth-order valence-electron chi connectivity index (χ4n) is 1.70. The molecule has 21 heavy (non-hydrogen) atoms. The monoisotopic (exact) mass is 325 g/mol. The van der Waals surface area contributed by atoms with Gasteiger partial charge in [0.2, 0.25) is 0 Å². The van der Waals surface area contributed by atoms with Crippen LogP contribution in [0.1, 0.15) is 16.7 Å². The van der Waals surface area contributed by atoms with Crippen LogP contribution in [-0.4, -0.2) is 11.1 Å². The molecule has 0 heterocycles. The van der Waals surface area contributed by atoms with Gasteiger partial charge in [0.15, 0.2) is 5.70 Å². The Morgan fingerprint density at radius 2 is 2.00 bits per heavy atom. The lowest BCUT2D eigenvalue weighted by Gasteiger charge is -2.12. The minimum Gasteiger partial charge on any atom is -0.476 e. The van der Waals surface area contributed by atoms with Crippen molar-refractivity contribution in [2.24, 2.45) is 11.6 Å². The van der Waals surface area contributed by atoms with Crippen LogP contribution in [0.15, 0.2) is 36.0 Å². The number of rotatable bonds is 7. The van der Waals surface area contributed by atoms with Crippen LogP contribution in [-0.2, 0) is 10.5 Å². The third kappa shape index (κ3) is 4.04. The Kier molecular flexibility index (Phi) is 6.36. The lowest BCUT2D eigenvalue weighted by Crippen LogP contribution is -2.29. The quantitative estimate of drug-likeness (QED) is 0.349. The minimum absolute atomic E-state index is 0.0927. The Labute approximate surface area is 132 Å². The predicted octanol–water partition coefficient (Wildman–Crippen LogP) is 2.53. The second-order valence-electron chi connectivity index (χ2n) is 3.92. The summed E-state index contributed by atoms with van der Waals surface area (Å²) < 4.78 is 0. The van der Waals surface area contributed by atoms with Crippen LogP contribution in [0, 0.1) is 0 Å². The first-order chi connectivity index (χ1) is 9.96. The maximum Gasteiger partial charge on any atom is 0.356 e. The van der Waals surface area contributed by atoms with Gasteiger partial charge in [-0.15, -0.1) is 11.8 Å². The topological polar surface area (TPSA) is 101 Å². The molecule has 0 bridgehead atoms. The molecule has 0 unspecified atom stereocenters.